The first-order chi connectivity index (χ1) is 15.2. The summed E-state index contributed by atoms with van der Waals surface area (Å²) >= 11 is 0. The number of piperidine rings is 1. The van der Waals surface area contributed by atoms with Gasteiger partial charge in [0.05, 0.1) is 11.1 Å². The van der Waals surface area contributed by atoms with Gasteiger partial charge >= 0.3 is 0 Å². The van der Waals surface area contributed by atoms with Crippen molar-refractivity contribution >= 4 is 23.6 Å². The van der Waals surface area contributed by atoms with Gasteiger partial charge in [0.1, 0.15) is 0 Å². The molecule has 7 heteroatoms. The molecule has 1 saturated carbocycles. The molecular weight excluding hydrogens is 406 g/mol. The number of rotatable bonds is 3. The Morgan fingerprint density at radius 3 is 2.16 bits per heavy atom. The van der Waals surface area contributed by atoms with Gasteiger partial charge in [0.2, 0.25) is 5.91 Å². The molecule has 2 aliphatic heterocycles. The maximum absolute atomic E-state index is 13.1. The van der Waals surface area contributed by atoms with Crippen LogP contribution in [0.4, 0.5) is 0 Å². The number of fused-ring (bicyclic) bond motifs is 1. The first-order valence-corrected chi connectivity index (χ1v) is 11.8. The Labute approximate surface area is 189 Å². The highest BCUT2D eigenvalue weighted by Crippen LogP contribution is 2.32. The molecule has 3 aliphatic rings. The quantitative estimate of drug-likeness (QED) is 0.732. The molecule has 0 spiro atoms. The number of hydrogen-bond donors (Lipinski definition) is 1. The van der Waals surface area contributed by atoms with Crippen LogP contribution < -0.4 is 5.32 Å². The van der Waals surface area contributed by atoms with Crippen LogP contribution >= 0.6 is 0 Å². The third-order valence-corrected chi connectivity index (χ3v) is 6.90. The van der Waals surface area contributed by atoms with Crippen LogP contribution in [-0.2, 0) is 4.79 Å². The van der Waals surface area contributed by atoms with Gasteiger partial charge in [-0.2, -0.15) is 0 Å². The molecular formula is C25H33N3O4. The number of likely N-dealkylation sites (tertiary alicyclic amines) is 1. The summed E-state index contributed by atoms with van der Waals surface area (Å²) in [5.74, 6) is -0.613. The molecule has 2 fully saturated rings. The molecule has 32 heavy (non-hydrogen) atoms. The third-order valence-electron chi connectivity index (χ3n) is 6.90. The first-order valence-electron chi connectivity index (χ1n) is 11.8. The summed E-state index contributed by atoms with van der Waals surface area (Å²) in [6.07, 6.45) is 6.34. The predicted octanol–water partition coefficient (Wildman–Crippen LogP) is 3.38. The van der Waals surface area contributed by atoms with Crippen molar-refractivity contribution in [2.24, 2.45) is 5.41 Å². The smallest absolute Gasteiger partial charge is 0.261 e. The van der Waals surface area contributed by atoms with E-state index in [1.165, 1.54) is 4.90 Å². The number of nitrogens with zero attached hydrogens (tertiary/aromatic N) is 2. The molecule has 172 valence electrons. The molecule has 2 heterocycles. The maximum atomic E-state index is 13.1. The summed E-state index contributed by atoms with van der Waals surface area (Å²) in [4.78, 5) is 54.4. The van der Waals surface area contributed by atoms with E-state index in [1.54, 1.807) is 23.1 Å². The van der Waals surface area contributed by atoms with Crippen molar-refractivity contribution in [1.29, 1.82) is 0 Å². The molecule has 0 unspecified atom stereocenters. The Morgan fingerprint density at radius 1 is 0.906 bits per heavy atom. The Kier molecular flexibility index (Phi) is 6.10. The summed E-state index contributed by atoms with van der Waals surface area (Å²) in [6.45, 7) is 6.75. The summed E-state index contributed by atoms with van der Waals surface area (Å²) in [5.41, 5.74) is 0.749. The van der Waals surface area contributed by atoms with E-state index in [0.29, 0.717) is 42.6 Å². The Hall–Kier alpha value is -2.70. The van der Waals surface area contributed by atoms with E-state index in [2.05, 4.69) is 5.32 Å². The fraction of sp³-hybridized carbons (Fsp3) is 0.600. The highest BCUT2D eigenvalue weighted by Gasteiger charge is 2.40. The summed E-state index contributed by atoms with van der Waals surface area (Å²) < 4.78 is 0. The average molecular weight is 440 g/mol. The van der Waals surface area contributed by atoms with E-state index < -0.39 is 5.41 Å². The fourth-order valence-electron chi connectivity index (χ4n) is 4.87. The minimum Gasteiger partial charge on any atom is -0.353 e. The standard InChI is InChI=1S/C25H33N3O4/c1-25(2,3)24(32)26-17-11-13-27(14-12-17)21(29)16-9-10-19-20(15-16)23(31)28(22(19)30)18-7-5-4-6-8-18/h9-10,15,17-18H,4-8,11-14H2,1-3H3,(H,26,32). The van der Waals surface area contributed by atoms with E-state index in [1.807, 2.05) is 20.8 Å². The molecule has 0 bridgehead atoms. The van der Waals surface area contributed by atoms with Crippen LogP contribution in [-0.4, -0.2) is 58.6 Å². The molecule has 1 aliphatic carbocycles. The number of carbonyl (C=O) groups is 4. The van der Waals surface area contributed by atoms with Crippen LogP contribution in [0.2, 0.25) is 0 Å². The molecule has 1 aromatic carbocycles. The Morgan fingerprint density at radius 2 is 1.53 bits per heavy atom. The minimum atomic E-state index is -0.438. The van der Waals surface area contributed by atoms with Gasteiger partial charge < -0.3 is 10.2 Å². The number of carbonyl (C=O) groups excluding carboxylic acids is 4. The topological polar surface area (TPSA) is 86.8 Å². The highest BCUT2D eigenvalue weighted by atomic mass is 16.2. The molecule has 1 saturated heterocycles. The van der Waals surface area contributed by atoms with Crippen LogP contribution in [0.15, 0.2) is 18.2 Å². The molecule has 7 nitrogen and oxygen atoms in total. The number of hydrogen-bond acceptors (Lipinski definition) is 4. The van der Waals surface area contributed by atoms with Gasteiger partial charge in [-0.3, -0.25) is 24.1 Å². The molecule has 0 atom stereocenters. The molecule has 1 aromatic rings. The average Bonchev–Trinajstić information content (AvgIpc) is 3.03. The van der Waals surface area contributed by atoms with E-state index in [9.17, 15) is 19.2 Å². The minimum absolute atomic E-state index is 0.0200. The summed E-state index contributed by atoms with van der Waals surface area (Å²) in [5, 5.41) is 3.07. The Balaban J connectivity index is 1.42. The Bertz CT molecular complexity index is 935. The molecule has 0 aromatic heterocycles. The lowest BCUT2D eigenvalue weighted by atomic mass is 9.94. The second-order valence-corrected chi connectivity index (χ2v) is 10.3. The molecule has 0 radical (unpaired) electrons. The van der Waals surface area contributed by atoms with Gasteiger partial charge in [-0.05, 0) is 43.9 Å². The van der Waals surface area contributed by atoms with Gasteiger partial charge in [-0.25, -0.2) is 0 Å². The third kappa shape index (κ3) is 4.30. The van der Waals surface area contributed by atoms with E-state index in [4.69, 9.17) is 0 Å². The highest BCUT2D eigenvalue weighted by molar-refractivity contribution is 6.22. The van der Waals surface area contributed by atoms with Crippen molar-refractivity contribution in [1.82, 2.24) is 15.1 Å². The van der Waals surface area contributed by atoms with E-state index >= 15 is 0 Å². The first kappa shape index (κ1) is 22.5. The van der Waals surface area contributed by atoms with Gasteiger partial charge in [-0.1, -0.05) is 40.0 Å². The zero-order valence-corrected chi connectivity index (χ0v) is 19.3. The number of amides is 4. The lowest BCUT2D eigenvalue weighted by Gasteiger charge is -2.33. The lowest BCUT2D eigenvalue weighted by molar-refractivity contribution is -0.129. The van der Waals surface area contributed by atoms with Crippen molar-refractivity contribution in [3.8, 4) is 0 Å². The van der Waals surface area contributed by atoms with Crippen LogP contribution in [0.5, 0.6) is 0 Å². The van der Waals surface area contributed by atoms with Crippen molar-refractivity contribution < 1.29 is 19.2 Å². The second-order valence-electron chi connectivity index (χ2n) is 10.3. The monoisotopic (exact) mass is 439 g/mol. The van der Waals surface area contributed by atoms with Gasteiger partial charge in [-0.15, -0.1) is 0 Å². The molecule has 4 rings (SSSR count). The predicted molar refractivity (Wildman–Crippen MR) is 120 cm³/mol. The van der Waals surface area contributed by atoms with Crippen molar-refractivity contribution in [3.05, 3.63) is 34.9 Å². The van der Waals surface area contributed by atoms with Crippen LogP contribution in [0.25, 0.3) is 0 Å². The zero-order chi connectivity index (χ0) is 23.0. The SMILES string of the molecule is CC(C)(C)C(=O)NC1CCN(C(=O)c2ccc3c(c2)C(=O)N(C2CCCCC2)C3=O)CC1. The normalized spacial score (nSPS) is 20.5. The van der Waals surface area contributed by atoms with Crippen LogP contribution in [0.3, 0.4) is 0 Å². The second kappa shape index (κ2) is 8.68. The van der Waals surface area contributed by atoms with Crippen LogP contribution in [0, 0.1) is 5.41 Å². The van der Waals surface area contributed by atoms with E-state index in [-0.39, 0.29) is 35.7 Å². The summed E-state index contributed by atoms with van der Waals surface area (Å²) in [7, 11) is 0. The van der Waals surface area contributed by atoms with Gasteiger partial charge in [0, 0.05) is 36.2 Å². The fourth-order valence-corrected chi connectivity index (χ4v) is 4.87. The van der Waals surface area contributed by atoms with Crippen LogP contribution in [0.1, 0.15) is 96.8 Å². The van der Waals surface area contributed by atoms with E-state index in [0.717, 1.165) is 32.1 Å². The van der Waals surface area contributed by atoms with Crippen molar-refractivity contribution in [3.63, 3.8) is 0 Å². The lowest BCUT2D eigenvalue weighted by Crippen LogP contribution is -2.49. The molecule has 1 N–H and O–H groups in total. The number of imide groups is 1. The van der Waals surface area contributed by atoms with Crippen molar-refractivity contribution in [2.75, 3.05) is 13.1 Å². The number of benzene rings is 1. The molecule has 4 amide bonds. The zero-order valence-electron chi connectivity index (χ0n) is 19.3. The summed E-state index contributed by atoms with van der Waals surface area (Å²) in [6, 6.07) is 4.91. The van der Waals surface area contributed by atoms with Gasteiger partial charge in [0.15, 0.2) is 0 Å². The number of nitrogens with one attached hydrogen (secondary N) is 1. The van der Waals surface area contributed by atoms with Gasteiger partial charge in [0.25, 0.3) is 17.7 Å². The maximum Gasteiger partial charge on any atom is 0.261 e. The largest absolute Gasteiger partial charge is 0.353 e. The van der Waals surface area contributed by atoms with Crippen molar-refractivity contribution in [2.45, 2.75) is 77.8 Å².